The summed E-state index contributed by atoms with van der Waals surface area (Å²) in [5, 5.41) is 14.3. The molecule has 0 spiro atoms. The third-order valence-electron chi connectivity index (χ3n) is 3.74. The number of rotatable bonds is 8. The number of carbonyl (C=O) groups is 2. The molecule has 1 fully saturated rings. The van der Waals surface area contributed by atoms with Gasteiger partial charge in [-0.05, 0) is 25.7 Å². The van der Waals surface area contributed by atoms with Gasteiger partial charge in [0.25, 0.3) is 0 Å². The van der Waals surface area contributed by atoms with Crippen LogP contribution in [0, 0.1) is 0 Å². The van der Waals surface area contributed by atoms with Gasteiger partial charge in [-0.3, -0.25) is 4.79 Å². The maximum Gasteiger partial charge on any atom is 0.315 e. The van der Waals surface area contributed by atoms with E-state index in [0.717, 1.165) is 44.9 Å². The fourth-order valence-electron chi connectivity index (χ4n) is 2.51. The Labute approximate surface area is 120 Å². The van der Waals surface area contributed by atoms with E-state index in [-0.39, 0.29) is 24.5 Å². The molecule has 6 heteroatoms. The Morgan fingerprint density at radius 1 is 1.10 bits per heavy atom. The van der Waals surface area contributed by atoms with E-state index in [0.29, 0.717) is 13.0 Å². The molecule has 0 bridgehead atoms. The fraction of sp³-hybridized carbons (Fsp3) is 0.857. The van der Waals surface area contributed by atoms with Gasteiger partial charge in [0.05, 0.1) is 0 Å². The minimum atomic E-state index is -0.744. The van der Waals surface area contributed by atoms with E-state index in [9.17, 15) is 9.59 Å². The van der Waals surface area contributed by atoms with Crippen LogP contribution in [0.4, 0.5) is 4.79 Å². The number of carboxylic acids is 1. The highest BCUT2D eigenvalue weighted by atomic mass is 16.4. The van der Waals surface area contributed by atoms with E-state index < -0.39 is 5.97 Å². The lowest BCUT2D eigenvalue weighted by molar-refractivity contribution is -0.137. The monoisotopic (exact) mass is 285 g/mol. The summed E-state index contributed by atoms with van der Waals surface area (Å²) in [6, 6.07) is 0.0303. The van der Waals surface area contributed by atoms with Crippen molar-refractivity contribution >= 4 is 12.0 Å². The molecule has 1 aliphatic rings. The molecule has 0 radical (unpaired) electrons. The van der Waals surface area contributed by atoms with Crippen molar-refractivity contribution in [3.63, 3.8) is 0 Å². The van der Waals surface area contributed by atoms with Crippen molar-refractivity contribution in [2.24, 2.45) is 5.73 Å². The Hall–Kier alpha value is -1.30. The van der Waals surface area contributed by atoms with Gasteiger partial charge in [-0.25, -0.2) is 4.79 Å². The Balaban J connectivity index is 1.98. The number of hydrogen-bond donors (Lipinski definition) is 4. The Kier molecular flexibility index (Phi) is 8.02. The zero-order valence-electron chi connectivity index (χ0n) is 12.1. The molecule has 0 heterocycles. The third kappa shape index (κ3) is 7.33. The lowest BCUT2D eigenvalue weighted by Gasteiger charge is -2.29. The zero-order valence-corrected chi connectivity index (χ0v) is 12.1. The number of urea groups is 1. The van der Waals surface area contributed by atoms with Crippen molar-refractivity contribution in [2.45, 2.75) is 69.9 Å². The molecule has 2 amide bonds. The van der Waals surface area contributed by atoms with Crippen LogP contribution in [0.15, 0.2) is 0 Å². The molecule has 1 aliphatic carbocycles. The zero-order chi connectivity index (χ0) is 14.8. The maximum absolute atomic E-state index is 11.7. The van der Waals surface area contributed by atoms with Crippen LogP contribution >= 0.6 is 0 Å². The van der Waals surface area contributed by atoms with Crippen LogP contribution in [0.25, 0.3) is 0 Å². The van der Waals surface area contributed by atoms with Crippen LogP contribution in [-0.2, 0) is 4.79 Å². The average Bonchev–Trinajstić information content (AvgIpc) is 2.40. The number of carbonyl (C=O) groups excluding carboxylic acids is 1. The molecule has 1 saturated carbocycles. The summed E-state index contributed by atoms with van der Waals surface area (Å²) in [5.41, 5.74) is 5.97. The molecule has 1 rings (SSSR count). The van der Waals surface area contributed by atoms with Crippen LogP contribution in [0.1, 0.15) is 57.8 Å². The van der Waals surface area contributed by atoms with E-state index in [1.54, 1.807) is 0 Å². The number of aliphatic carboxylic acids is 1. The predicted molar refractivity (Wildman–Crippen MR) is 77.5 cm³/mol. The molecule has 2 unspecified atom stereocenters. The minimum absolute atomic E-state index is 0.0746. The Bertz CT molecular complexity index is 310. The van der Waals surface area contributed by atoms with Crippen molar-refractivity contribution in [1.82, 2.24) is 10.6 Å². The largest absolute Gasteiger partial charge is 0.481 e. The second kappa shape index (κ2) is 9.58. The number of amides is 2. The van der Waals surface area contributed by atoms with Crippen LogP contribution in [0.5, 0.6) is 0 Å². The highest BCUT2D eigenvalue weighted by molar-refractivity contribution is 5.74. The first-order chi connectivity index (χ1) is 9.59. The van der Waals surface area contributed by atoms with Gasteiger partial charge < -0.3 is 21.5 Å². The van der Waals surface area contributed by atoms with Gasteiger partial charge in [0, 0.05) is 25.0 Å². The van der Waals surface area contributed by atoms with Crippen molar-refractivity contribution in [1.29, 1.82) is 0 Å². The van der Waals surface area contributed by atoms with Crippen LogP contribution in [0.2, 0.25) is 0 Å². The van der Waals surface area contributed by atoms with Crippen molar-refractivity contribution in [3.05, 3.63) is 0 Å². The van der Waals surface area contributed by atoms with Crippen molar-refractivity contribution in [3.8, 4) is 0 Å². The smallest absolute Gasteiger partial charge is 0.315 e. The quantitative estimate of drug-likeness (QED) is 0.508. The normalized spacial score (nSPS) is 22.2. The Morgan fingerprint density at radius 3 is 2.50 bits per heavy atom. The molecule has 5 N–H and O–H groups in total. The lowest BCUT2D eigenvalue weighted by Crippen LogP contribution is -2.52. The molecule has 0 aromatic rings. The topological polar surface area (TPSA) is 104 Å². The number of carboxylic acid groups (broad SMARTS) is 1. The van der Waals surface area contributed by atoms with Gasteiger partial charge in [-0.15, -0.1) is 0 Å². The van der Waals surface area contributed by atoms with Crippen LogP contribution in [-0.4, -0.2) is 35.7 Å². The van der Waals surface area contributed by atoms with E-state index >= 15 is 0 Å². The highest BCUT2D eigenvalue weighted by Crippen LogP contribution is 2.16. The van der Waals surface area contributed by atoms with E-state index in [2.05, 4.69) is 10.6 Å². The molecule has 0 saturated heterocycles. The third-order valence-corrected chi connectivity index (χ3v) is 3.74. The number of unbranched alkanes of at least 4 members (excludes halogenated alkanes) is 3. The number of nitrogens with one attached hydrogen (secondary N) is 2. The minimum Gasteiger partial charge on any atom is -0.481 e. The SMILES string of the molecule is NC1CCCCC1NC(=O)NCCCCCCC(=O)O. The second-order valence-corrected chi connectivity index (χ2v) is 5.51. The van der Waals surface area contributed by atoms with E-state index in [1.807, 2.05) is 0 Å². The first-order valence-corrected chi connectivity index (χ1v) is 7.61. The maximum atomic E-state index is 11.7. The average molecular weight is 285 g/mol. The van der Waals surface area contributed by atoms with Gasteiger partial charge in [0.1, 0.15) is 0 Å². The summed E-state index contributed by atoms with van der Waals surface area (Å²) in [6.45, 7) is 0.626. The lowest BCUT2D eigenvalue weighted by atomic mass is 9.91. The van der Waals surface area contributed by atoms with E-state index in [1.165, 1.54) is 0 Å². The van der Waals surface area contributed by atoms with Crippen LogP contribution < -0.4 is 16.4 Å². The molecule has 0 aromatic carbocycles. The molecular weight excluding hydrogens is 258 g/mol. The molecule has 6 nitrogen and oxygen atoms in total. The standard InChI is InChI=1S/C14H27N3O3/c15-11-7-4-5-8-12(11)17-14(20)16-10-6-2-1-3-9-13(18)19/h11-12H,1-10,15H2,(H,18,19)(H2,16,17,20). The van der Waals surface area contributed by atoms with E-state index in [4.69, 9.17) is 10.8 Å². The Morgan fingerprint density at radius 2 is 1.80 bits per heavy atom. The van der Waals surface area contributed by atoms with Crippen LogP contribution in [0.3, 0.4) is 0 Å². The van der Waals surface area contributed by atoms with Gasteiger partial charge in [0.15, 0.2) is 0 Å². The molecule has 116 valence electrons. The summed E-state index contributed by atoms with van der Waals surface area (Å²) in [7, 11) is 0. The van der Waals surface area contributed by atoms with Gasteiger partial charge in [0.2, 0.25) is 0 Å². The number of hydrogen-bond acceptors (Lipinski definition) is 3. The van der Waals surface area contributed by atoms with Gasteiger partial charge >= 0.3 is 12.0 Å². The second-order valence-electron chi connectivity index (χ2n) is 5.51. The van der Waals surface area contributed by atoms with Gasteiger partial charge in [-0.2, -0.15) is 0 Å². The summed E-state index contributed by atoms with van der Waals surface area (Å²) >= 11 is 0. The van der Waals surface area contributed by atoms with Gasteiger partial charge in [-0.1, -0.05) is 25.7 Å². The molecule has 20 heavy (non-hydrogen) atoms. The highest BCUT2D eigenvalue weighted by Gasteiger charge is 2.22. The first-order valence-electron chi connectivity index (χ1n) is 7.61. The summed E-state index contributed by atoms with van der Waals surface area (Å²) in [6.07, 6.45) is 7.87. The van der Waals surface area contributed by atoms with Crippen molar-refractivity contribution < 1.29 is 14.7 Å². The summed E-state index contributed by atoms with van der Waals surface area (Å²) in [4.78, 5) is 22.0. The summed E-state index contributed by atoms with van der Waals surface area (Å²) < 4.78 is 0. The molecule has 0 aliphatic heterocycles. The molecule has 2 atom stereocenters. The first kappa shape index (κ1) is 16.8. The van der Waals surface area contributed by atoms with Crippen molar-refractivity contribution in [2.75, 3.05) is 6.54 Å². The number of nitrogens with two attached hydrogens (primary N) is 1. The summed E-state index contributed by atoms with van der Waals surface area (Å²) in [5.74, 6) is -0.744. The molecule has 0 aromatic heterocycles. The predicted octanol–water partition coefficient (Wildman–Crippen LogP) is 1.59. The fourth-order valence-corrected chi connectivity index (χ4v) is 2.51. The molecular formula is C14H27N3O3.